The van der Waals surface area contributed by atoms with Crippen LogP contribution in [-0.4, -0.2) is 38.1 Å². The van der Waals surface area contributed by atoms with Crippen LogP contribution in [0.4, 0.5) is 0 Å². The van der Waals surface area contributed by atoms with Crippen LogP contribution in [0.2, 0.25) is 0 Å². The molecule has 2 aromatic carbocycles. The number of rotatable bonds is 3. The Labute approximate surface area is 159 Å². The van der Waals surface area contributed by atoms with E-state index in [2.05, 4.69) is 12.6 Å². The first kappa shape index (κ1) is 18.8. The van der Waals surface area contributed by atoms with Crippen molar-refractivity contribution in [2.24, 2.45) is 0 Å². The molecule has 0 amide bonds. The molecule has 0 radical (unpaired) electrons. The minimum atomic E-state index is -1.16. The van der Waals surface area contributed by atoms with Crippen molar-refractivity contribution in [2.75, 3.05) is 0 Å². The van der Waals surface area contributed by atoms with Crippen LogP contribution >= 0.6 is 12.6 Å². The van der Waals surface area contributed by atoms with Crippen LogP contribution in [-0.2, 0) is 0 Å². The Kier molecular flexibility index (Phi) is 4.39. The van der Waals surface area contributed by atoms with Gasteiger partial charge in [0.15, 0.2) is 17.0 Å². The Bertz CT molecular complexity index is 985. The van der Waals surface area contributed by atoms with Gasteiger partial charge in [-0.2, -0.15) is 0 Å². The second-order valence-corrected chi connectivity index (χ2v) is 7.51. The molecular formula is C19H16O7S. The number of carbonyl (C=O) groups is 3. The third-order valence-electron chi connectivity index (χ3n) is 4.22. The molecule has 27 heavy (non-hydrogen) atoms. The van der Waals surface area contributed by atoms with Gasteiger partial charge in [-0.15, -0.1) is 12.6 Å². The van der Waals surface area contributed by atoms with Crippen molar-refractivity contribution in [1.29, 1.82) is 0 Å². The van der Waals surface area contributed by atoms with E-state index < -0.39 is 50.4 Å². The third-order valence-corrected chi connectivity index (χ3v) is 4.47. The molecule has 3 N–H and O–H groups in total. The van der Waals surface area contributed by atoms with Crippen molar-refractivity contribution >= 4 is 30.5 Å². The average molecular weight is 388 g/mol. The van der Waals surface area contributed by atoms with Crippen molar-refractivity contribution in [3.8, 4) is 23.0 Å². The summed E-state index contributed by atoms with van der Waals surface area (Å²) in [6, 6.07) is 3.58. The van der Waals surface area contributed by atoms with E-state index in [-0.39, 0.29) is 24.0 Å². The SMILES string of the molecule is Cc1cc(O)c(C(=O)c2c(C=O)c(O)cc3c2C(=O)CC(C)(S)O3)c(O)c1. The van der Waals surface area contributed by atoms with Gasteiger partial charge in [0.2, 0.25) is 5.78 Å². The Hall–Kier alpha value is -3.00. The molecule has 8 heteroatoms. The number of aromatic hydroxyl groups is 3. The molecule has 1 unspecified atom stereocenters. The molecule has 1 atom stereocenters. The minimum absolute atomic E-state index is 0.110. The number of fused-ring (bicyclic) bond motifs is 1. The summed E-state index contributed by atoms with van der Waals surface area (Å²) in [6.07, 6.45) is 0.0469. The lowest BCUT2D eigenvalue weighted by atomic mass is 9.87. The molecule has 0 spiro atoms. The molecule has 0 saturated carbocycles. The first-order valence-corrected chi connectivity index (χ1v) is 8.37. The summed E-state index contributed by atoms with van der Waals surface area (Å²) in [7, 11) is 0. The molecule has 1 aliphatic heterocycles. The van der Waals surface area contributed by atoms with Gasteiger partial charge in [0, 0.05) is 6.07 Å². The fourth-order valence-corrected chi connectivity index (χ4v) is 3.38. The summed E-state index contributed by atoms with van der Waals surface area (Å²) >= 11 is 4.23. The summed E-state index contributed by atoms with van der Waals surface area (Å²) in [6.45, 7) is 3.15. The van der Waals surface area contributed by atoms with E-state index in [0.717, 1.165) is 6.07 Å². The van der Waals surface area contributed by atoms with Crippen molar-refractivity contribution in [1.82, 2.24) is 0 Å². The Balaban J connectivity index is 2.33. The maximum atomic E-state index is 13.1. The van der Waals surface area contributed by atoms with Gasteiger partial charge in [0.05, 0.1) is 23.1 Å². The second kappa shape index (κ2) is 6.31. The lowest BCUT2D eigenvalue weighted by Crippen LogP contribution is -2.35. The maximum Gasteiger partial charge on any atom is 0.202 e. The largest absolute Gasteiger partial charge is 0.507 e. The topological polar surface area (TPSA) is 121 Å². The number of ether oxygens (including phenoxy) is 1. The summed E-state index contributed by atoms with van der Waals surface area (Å²) < 4.78 is 5.57. The van der Waals surface area contributed by atoms with E-state index in [9.17, 15) is 29.7 Å². The number of thiol groups is 1. The number of aldehydes is 1. The highest BCUT2D eigenvalue weighted by Gasteiger charge is 2.39. The van der Waals surface area contributed by atoms with Gasteiger partial charge in [-0.05, 0) is 31.5 Å². The molecule has 3 rings (SSSR count). The van der Waals surface area contributed by atoms with Crippen LogP contribution < -0.4 is 4.74 Å². The number of benzene rings is 2. The Morgan fingerprint density at radius 2 is 1.74 bits per heavy atom. The molecule has 2 aromatic rings. The molecule has 0 aromatic heterocycles. The summed E-state index contributed by atoms with van der Waals surface area (Å²) in [5.41, 5.74) is -1.06. The van der Waals surface area contributed by atoms with Gasteiger partial charge in [0.1, 0.15) is 28.6 Å². The first-order valence-electron chi connectivity index (χ1n) is 7.92. The summed E-state index contributed by atoms with van der Waals surface area (Å²) in [5, 5.41) is 30.4. The molecule has 0 aliphatic carbocycles. The van der Waals surface area contributed by atoms with E-state index >= 15 is 0 Å². The highest BCUT2D eigenvalue weighted by atomic mass is 32.1. The van der Waals surface area contributed by atoms with Crippen molar-refractivity contribution in [2.45, 2.75) is 25.2 Å². The van der Waals surface area contributed by atoms with Crippen LogP contribution in [0.5, 0.6) is 23.0 Å². The van der Waals surface area contributed by atoms with Crippen molar-refractivity contribution < 1.29 is 34.4 Å². The maximum absolute atomic E-state index is 13.1. The number of carbonyl (C=O) groups excluding carboxylic acids is 3. The van der Waals surface area contributed by atoms with Gasteiger partial charge in [0.25, 0.3) is 0 Å². The standard InChI is InChI=1S/C19H16O7S/c1-8-3-11(22)16(12(23)4-8)18(25)15-9(7-20)10(21)5-14-17(15)13(24)6-19(2,27)26-14/h3-5,7,21-23,27H,6H2,1-2H3. The van der Waals surface area contributed by atoms with E-state index in [0.29, 0.717) is 5.56 Å². The number of hydrogen-bond acceptors (Lipinski definition) is 8. The molecular weight excluding hydrogens is 372 g/mol. The van der Waals surface area contributed by atoms with E-state index in [1.807, 2.05) is 0 Å². The Morgan fingerprint density at radius 1 is 1.15 bits per heavy atom. The highest BCUT2D eigenvalue weighted by molar-refractivity contribution is 7.81. The number of aryl methyl sites for hydroxylation is 1. The average Bonchev–Trinajstić information content (AvgIpc) is 2.51. The quantitative estimate of drug-likeness (QED) is 0.362. The number of Topliss-reactive ketones (excluding diaryl/α,β-unsaturated/α-hetero) is 1. The molecule has 1 aliphatic rings. The second-order valence-electron chi connectivity index (χ2n) is 6.56. The van der Waals surface area contributed by atoms with Gasteiger partial charge in [-0.25, -0.2) is 0 Å². The first-order chi connectivity index (χ1) is 12.6. The minimum Gasteiger partial charge on any atom is -0.507 e. The predicted molar refractivity (Wildman–Crippen MR) is 98.4 cm³/mol. The van der Waals surface area contributed by atoms with Crippen molar-refractivity contribution in [3.63, 3.8) is 0 Å². The molecule has 0 bridgehead atoms. The smallest absolute Gasteiger partial charge is 0.202 e. The van der Waals surface area contributed by atoms with Crippen LogP contribution in [0, 0.1) is 6.92 Å². The molecule has 0 saturated heterocycles. The van der Waals surface area contributed by atoms with Crippen LogP contribution in [0.15, 0.2) is 18.2 Å². The fraction of sp³-hybridized carbons (Fsp3) is 0.211. The van der Waals surface area contributed by atoms with E-state index in [4.69, 9.17) is 4.74 Å². The lowest BCUT2D eigenvalue weighted by Gasteiger charge is -2.32. The number of phenols is 3. The van der Waals surface area contributed by atoms with Gasteiger partial charge >= 0.3 is 0 Å². The predicted octanol–water partition coefficient (Wildman–Crippen LogP) is 2.77. The monoisotopic (exact) mass is 388 g/mol. The normalized spacial score (nSPS) is 18.6. The van der Waals surface area contributed by atoms with Gasteiger partial charge < -0.3 is 20.1 Å². The fourth-order valence-electron chi connectivity index (χ4n) is 3.14. The zero-order valence-corrected chi connectivity index (χ0v) is 15.3. The van der Waals surface area contributed by atoms with Crippen molar-refractivity contribution in [3.05, 3.63) is 46.0 Å². The van der Waals surface area contributed by atoms with E-state index in [1.165, 1.54) is 12.1 Å². The lowest BCUT2D eigenvalue weighted by molar-refractivity contribution is 0.0818. The number of ketones is 2. The highest BCUT2D eigenvalue weighted by Crippen LogP contribution is 2.43. The number of phenolic OH excluding ortho intramolecular Hbond substituents is 3. The molecule has 7 nitrogen and oxygen atoms in total. The van der Waals surface area contributed by atoms with Gasteiger partial charge in [-0.3, -0.25) is 14.4 Å². The summed E-state index contributed by atoms with van der Waals surface area (Å²) in [4.78, 5) is 36.1. The zero-order valence-electron chi connectivity index (χ0n) is 14.4. The summed E-state index contributed by atoms with van der Waals surface area (Å²) in [5.74, 6) is -3.23. The zero-order chi connectivity index (χ0) is 20.1. The molecule has 0 fully saturated rings. The van der Waals surface area contributed by atoms with Crippen LogP contribution in [0.3, 0.4) is 0 Å². The third kappa shape index (κ3) is 3.12. The van der Waals surface area contributed by atoms with Crippen LogP contribution in [0.25, 0.3) is 0 Å². The Morgan fingerprint density at radius 3 is 2.30 bits per heavy atom. The van der Waals surface area contributed by atoms with Gasteiger partial charge in [-0.1, -0.05) is 0 Å². The van der Waals surface area contributed by atoms with Crippen LogP contribution in [0.1, 0.15) is 55.5 Å². The van der Waals surface area contributed by atoms with E-state index in [1.54, 1.807) is 13.8 Å². The molecule has 140 valence electrons. The molecule has 1 heterocycles. The number of hydrogen-bond donors (Lipinski definition) is 4.